The van der Waals surface area contributed by atoms with Crippen molar-refractivity contribution in [3.05, 3.63) is 18.3 Å². The van der Waals surface area contributed by atoms with Gasteiger partial charge < -0.3 is 4.74 Å². The Bertz CT molecular complexity index is 373. The van der Waals surface area contributed by atoms with E-state index in [4.69, 9.17) is 4.55 Å². The van der Waals surface area contributed by atoms with Crippen molar-refractivity contribution in [2.24, 2.45) is 0 Å². The van der Waals surface area contributed by atoms with Crippen LogP contribution in [0.4, 0.5) is 0 Å². The number of aromatic nitrogens is 1. The molecule has 0 amide bonds. The summed E-state index contributed by atoms with van der Waals surface area (Å²) in [5, 5.41) is 0. The van der Waals surface area contributed by atoms with Crippen molar-refractivity contribution in [1.82, 2.24) is 4.98 Å². The van der Waals surface area contributed by atoms with Gasteiger partial charge in [0, 0.05) is 6.20 Å². The zero-order valence-electron chi connectivity index (χ0n) is 6.26. The van der Waals surface area contributed by atoms with Crippen LogP contribution in [0.25, 0.3) is 0 Å². The minimum absolute atomic E-state index is 0.111. The summed E-state index contributed by atoms with van der Waals surface area (Å²) in [5.41, 5.74) is 0. The predicted octanol–water partition coefficient (Wildman–Crippen LogP) is 0.337. The molecule has 1 heterocycles. The fraction of sp³-hybridized carbons (Fsp3) is 0.167. The zero-order valence-corrected chi connectivity index (χ0v) is 7.08. The molecule has 0 radical (unpaired) electrons. The summed E-state index contributed by atoms with van der Waals surface area (Å²) in [5.74, 6) is -0.111. The molecule has 0 aromatic carbocycles. The van der Waals surface area contributed by atoms with E-state index in [2.05, 4.69) is 9.72 Å². The molecule has 1 aromatic rings. The van der Waals surface area contributed by atoms with E-state index < -0.39 is 10.1 Å². The van der Waals surface area contributed by atoms with Crippen molar-refractivity contribution in [2.45, 2.75) is 4.90 Å². The quantitative estimate of drug-likeness (QED) is 0.679. The van der Waals surface area contributed by atoms with E-state index in [0.29, 0.717) is 0 Å². The molecule has 12 heavy (non-hydrogen) atoms. The lowest BCUT2D eigenvalue weighted by molar-refractivity contribution is 0.380. The lowest BCUT2D eigenvalue weighted by Gasteiger charge is -2.02. The molecular formula is C6H7NO4S. The molecule has 0 bridgehead atoms. The van der Waals surface area contributed by atoms with Gasteiger partial charge in [0.25, 0.3) is 10.1 Å². The summed E-state index contributed by atoms with van der Waals surface area (Å²) in [4.78, 5) is 3.28. The lowest BCUT2D eigenvalue weighted by Crippen LogP contribution is -2.02. The summed E-state index contributed by atoms with van der Waals surface area (Å²) in [6.45, 7) is 0. The van der Waals surface area contributed by atoms with Gasteiger partial charge in [-0.25, -0.2) is 4.98 Å². The Morgan fingerprint density at radius 2 is 2.25 bits per heavy atom. The molecule has 0 aliphatic rings. The molecule has 0 aliphatic heterocycles. The Kier molecular flexibility index (Phi) is 2.30. The van der Waals surface area contributed by atoms with Gasteiger partial charge in [-0.05, 0) is 12.1 Å². The average molecular weight is 189 g/mol. The van der Waals surface area contributed by atoms with Gasteiger partial charge in [-0.2, -0.15) is 8.42 Å². The molecule has 0 fully saturated rings. The molecule has 0 unspecified atom stereocenters. The van der Waals surface area contributed by atoms with Crippen molar-refractivity contribution < 1.29 is 17.7 Å². The minimum atomic E-state index is -4.23. The fourth-order valence-corrected chi connectivity index (χ4v) is 1.33. The third-order valence-electron chi connectivity index (χ3n) is 1.21. The minimum Gasteiger partial charge on any atom is -0.480 e. The largest absolute Gasteiger partial charge is 0.480 e. The molecule has 0 saturated carbocycles. The second-order valence-corrected chi connectivity index (χ2v) is 3.38. The van der Waals surface area contributed by atoms with E-state index in [9.17, 15) is 8.42 Å². The molecule has 1 aromatic heterocycles. The van der Waals surface area contributed by atoms with E-state index in [1.165, 1.54) is 25.4 Å². The van der Waals surface area contributed by atoms with Crippen LogP contribution in [0.3, 0.4) is 0 Å². The van der Waals surface area contributed by atoms with Crippen molar-refractivity contribution in [3.63, 3.8) is 0 Å². The van der Waals surface area contributed by atoms with Crippen LogP contribution >= 0.6 is 0 Å². The van der Waals surface area contributed by atoms with Crippen LogP contribution in [0, 0.1) is 0 Å². The molecule has 1 N–H and O–H groups in total. The number of ether oxygens (including phenoxy) is 1. The van der Waals surface area contributed by atoms with Crippen molar-refractivity contribution >= 4 is 10.1 Å². The van der Waals surface area contributed by atoms with Crippen molar-refractivity contribution in [3.8, 4) is 5.88 Å². The number of rotatable bonds is 2. The van der Waals surface area contributed by atoms with E-state index in [1.807, 2.05) is 0 Å². The van der Waals surface area contributed by atoms with Gasteiger partial charge in [0.2, 0.25) is 5.88 Å². The van der Waals surface area contributed by atoms with Crippen LogP contribution in [0.1, 0.15) is 0 Å². The van der Waals surface area contributed by atoms with Gasteiger partial charge in [0.05, 0.1) is 7.11 Å². The van der Waals surface area contributed by atoms with Crippen LogP contribution in [0.15, 0.2) is 23.2 Å². The van der Waals surface area contributed by atoms with E-state index >= 15 is 0 Å². The van der Waals surface area contributed by atoms with Crippen LogP contribution in [-0.2, 0) is 10.1 Å². The Morgan fingerprint density at radius 1 is 1.58 bits per heavy atom. The van der Waals surface area contributed by atoms with Gasteiger partial charge in [-0.15, -0.1) is 0 Å². The molecule has 5 nitrogen and oxygen atoms in total. The molecule has 0 saturated heterocycles. The second-order valence-electron chi connectivity index (χ2n) is 1.99. The summed E-state index contributed by atoms with van der Waals surface area (Å²) < 4.78 is 34.6. The third kappa shape index (κ3) is 1.72. The predicted molar refractivity (Wildman–Crippen MR) is 40.6 cm³/mol. The number of hydrogen-bond acceptors (Lipinski definition) is 4. The molecule has 1 rings (SSSR count). The SMILES string of the molecule is COc1ncccc1S(=O)(=O)O. The first kappa shape index (κ1) is 8.95. The molecule has 0 atom stereocenters. The van der Waals surface area contributed by atoms with Crippen LogP contribution in [0.5, 0.6) is 5.88 Å². The zero-order chi connectivity index (χ0) is 9.19. The molecular weight excluding hydrogens is 182 g/mol. The van der Waals surface area contributed by atoms with Gasteiger partial charge in [-0.3, -0.25) is 4.55 Å². The van der Waals surface area contributed by atoms with Gasteiger partial charge in [0.15, 0.2) is 4.90 Å². The lowest BCUT2D eigenvalue weighted by atomic mass is 10.5. The van der Waals surface area contributed by atoms with Gasteiger partial charge >= 0.3 is 0 Å². The summed E-state index contributed by atoms with van der Waals surface area (Å²) in [6, 6.07) is 2.60. The number of nitrogens with zero attached hydrogens (tertiary/aromatic N) is 1. The van der Waals surface area contributed by atoms with E-state index in [1.54, 1.807) is 0 Å². The number of hydrogen-bond donors (Lipinski definition) is 1. The summed E-state index contributed by atoms with van der Waals surface area (Å²) in [7, 11) is -2.96. The molecule has 66 valence electrons. The monoisotopic (exact) mass is 189 g/mol. The molecule has 0 aliphatic carbocycles. The van der Waals surface area contributed by atoms with Crippen molar-refractivity contribution in [2.75, 3.05) is 7.11 Å². The maximum Gasteiger partial charge on any atom is 0.299 e. The first-order valence-corrected chi connectivity index (χ1v) is 4.46. The van der Waals surface area contributed by atoms with Gasteiger partial charge in [0.1, 0.15) is 0 Å². The number of methoxy groups -OCH3 is 1. The smallest absolute Gasteiger partial charge is 0.299 e. The Hall–Kier alpha value is -1.14. The topological polar surface area (TPSA) is 76.5 Å². The average Bonchev–Trinajstić information content (AvgIpc) is 2.03. The first-order valence-electron chi connectivity index (χ1n) is 3.02. The Balaban J connectivity index is 3.33. The van der Waals surface area contributed by atoms with Crippen LogP contribution in [-0.4, -0.2) is 25.1 Å². The first-order chi connectivity index (χ1) is 5.55. The maximum absolute atomic E-state index is 10.6. The highest BCUT2D eigenvalue weighted by atomic mass is 32.2. The fourth-order valence-electron chi connectivity index (χ4n) is 0.726. The second kappa shape index (κ2) is 3.08. The van der Waals surface area contributed by atoms with Crippen LogP contribution < -0.4 is 4.74 Å². The van der Waals surface area contributed by atoms with Crippen LogP contribution in [0.2, 0.25) is 0 Å². The highest BCUT2D eigenvalue weighted by Gasteiger charge is 2.15. The number of pyridine rings is 1. The normalized spacial score (nSPS) is 11.2. The van der Waals surface area contributed by atoms with E-state index in [-0.39, 0.29) is 10.8 Å². The van der Waals surface area contributed by atoms with Gasteiger partial charge in [-0.1, -0.05) is 0 Å². The standard InChI is InChI=1S/C6H7NO4S/c1-11-6-5(12(8,9)10)3-2-4-7-6/h2-4H,1H3,(H,8,9,10). The Labute approximate surface area is 69.8 Å². The highest BCUT2D eigenvalue weighted by Crippen LogP contribution is 2.18. The molecule has 6 heteroatoms. The van der Waals surface area contributed by atoms with E-state index in [0.717, 1.165) is 0 Å². The molecule has 0 spiro atoms. The highest BCUT2D eigenvalue weighted by molar-refractivity contribution is 7.86. The summed E-state index contributed by atoms with van der Waals surface area (Å²) in [6.07, 6.45) is 1.37. The Morgan fingerprint density at radius 3 is 2.67 bits per heavy atom. The van der Waals surface area contributed by atoms with Crippen molar-refractivity contribution in [1.29, 1.82) is 0 Å². The summed E-state index contributed by atoms with van der Waals surface area (Å²) >= 11 is 0. The maximum atomic E-state index is 10.6. The third-order valence-corrected chi connectivity index (χ3v) is 2.07.